The molecule has 0 atom stereocenters. The minimum absolute atomic E-state index is 0.197. The van der Waals surface area contributed by atoms with E-state index in [2.05, 4.69) is 5.32 Å². The summed E-state index contributed by atoms with van der Waals surface area (Å²) in [4.78, 5) is 29.0. The molecule has 10 heteroatoms. The summed E-state index contributed by atoms with van der Waals surface area (Å²) in [5, 5.41) is 2.35. The van der Waals surface area contributed by atoms with Gasteiger partial charge in [0, 0.05) is 46.0 Å². The lowest BCUT2D eigenvalue weighted by atomic mass is 10.1. The summed E-state index contributed by atoms with van der Waals surface area (Å²) in [7, 11) is 3.27. The number of hydrogen-bond acceptors (Lipinski definition) is 4. The van der Waals surface area contributed by atoms with Crippen molar-refractivity contribution in [1.29, 1.82) is 0 Å². The number of piperazine rings is 1. The van der Waals surface area contributed by atoms with Crippen molar-refractivity contribution < 1.29 is 27.5 Å². The molecule has 29 heavy (non-hydrogen) atoms. The summed E-state index contributed by atoms with van der Waals surface area (Å²) < 4.78 is 45.5. The average molecular weight is 416 g/mol. The number of nitrogens with one attached hydrogen (secondary N) is 1. The van der Waals surface area contributed by atoms with E-state index in [1.807, 2.05) is 0 Å². The van der Waals surface area contributed by atoms with Crippen LogP contribution in [0.25, 0.3) is 0 Å². The molecular formula is C19H27F3N4O3. The number of nitrogens with zero attached hydrogens (tertiary/aromatic N) is 3. The second-order valence-electron chi connectivity index (χ2n) is 8.01. The maximum absolute atomic E-state index is 13.4. The Bertz CT molecular complexity index is 752. The van der Waals surface area contributed by atoms with Crippen molar-refractivity contribution in [1.82, 2.24) is 9.80 Å². The topological polar surface area (TPSA) is 65.1 Å². The van der Waals surface area contributed by atoms with Crippen molar-refractivity contribution in [2.45, 2.75) is 32.5 Å². The Labute approximate surface area is 168 Å². The largest absolute Gasteiger partial charge is 0.444 e. The predicted molar refractivity (Wildman–Crippen MR) is 104 cm³/mol. The van der Waals surface area contributed by atoms with Crippen molar-refractivity contribution in [3.05, 3.63) is 23.8 Å². The normalized spacial score (nSPS) is 15.2. The summed E-state index contributed by atoms with van der Waals surface area (Å²) in [5.41, 5.74) is -1.47. The molecule has 1 N–H and O–H groups in total. The van der Waals surface area contributed by atoms with Crippen LogP contribution in [0.3, 0.4) is 0 Å². The van der Waals surface area contributed by atoms with Crippen molar-refractivity contribution in [3.8, 4) is 0 Å². The van der Waals surface area contributed by atoms with E-state index >= 15 is 0 Å². The number of carbonyl (C=O) groups excluding carboxylic acids is 2. The fourth-order valence-electron chi connectivity index (χ4n) is 2.77. The lowest BCUT2D eigenvalue weighted by Crippen LogP contribution is -2.52. The average Bonchev–Trinajstić information content (AvgIpc) is 2.59. The third-order valence-electron chi connectivity index (χ3n) is 4.29. The fraction of sp³-hybridized carbons (Fsp3) is 0.579. The molecule has 1 fully saturated rings. The summed E-state index contributed by atoms with van der Waals surface area (Å²) in [6.07, 6.45) is -5.08. The Morgan fingerprint density at radius 1 is 1.03 bits per heavy atom. The van der Waals surface area contributed by atoms with E-state index in [1.54, 1.807) is 39.8 Å². The summed E-state index contributed by atoms with van der Waals surface area (Å²) >= 11 is 0. The van der Waals surface area contributed by atoms with Gasteiger partial charge in [0.1, 0.15) is 5.60 Å². The van der Waals surface area contributed by atoms with Crippen LogP contribution in [0.5, 0.6) is 0 Å². The number of carbonyl (C=O) groups is 2. The molecule has 1 aliphatic heterocycles. The number of alkyl halides is 3. The van der Waals surface area contributed by atoms with E-state index in [1.165, 1.54) is 21.9 Å². The highest BCUT2D eigenvalue weighted by Crippen LogP contribution is 2.37. The lowest BCUT2D eigenvalue weighted by Gasteiger charge is -2.35. The van der Waals surface area contributed by atoms with Crippen LogP contribution in [0.15, 0.2) is 18.2 Å². The highest BCUT2D eigenvalue weighted by atomic mass is 19.4. The number of amides is 3. The molecule has 1 aromatic rings. The van der Waals surface area contributed by atoms with Crippen LogP contribution in [-0.4, -0.2) is 67.8 Å². The van der Waals surface area contributed by atoms with Crippen LogP contribution in [0.4, 0.5) is 34.1 Å². The summed E-state index contributed by atoms with van der Waals surface area (Å²) in [6, 6.07) is 3.10. The van der Waals surface area contributed by atoms with Crippen molar-refractivity contribution in [2.24, 2.45) is 0 Å². The zero-order chi connectivity index (χ0) is 22.0. The monoisotopic (exact) mass is 416 g/mol. The van der Waals surface area contributed by atoms with E-state index in [4.69, 9.17) is 4.74 Å². The lowest BCUT2D eigenvalue weighted by molar-refractivity contribution is -0.136. The Hall–Kier alpha value is -2.65. The zero-order valence-corrected chi connectivity index (χ0v) is 17.3. The number of halogens is 3. The molecule has 1 saturated heterocycles. The minimum atomic E-state index is -4.61. The second kappa shape index (κ2) is 8.38. The molecule has 0 aliphatic carbocycles. The van der Waals surface area contributed by atoms with Crippen LogP contribution in [0, 0.1) is 0 Å². The minimum Gasteiger partial charge on any atom is -0.444 e. The predicted octanol–water partition coefficient (Wildman–Crippen LogP) is 3.86. The van der Waals surface area contributed by atoms with Crippen LogP contribution in [0.2, 0.25) is 0 Å². The maximum Gasteiger partial charge on any atom is 0.418 e. The third kappa shape index (κ3) is 6.16. The Kier molecular flexibility index (Phi) is 6.54. The van der Waals surface area contributed by atoms with Gasteiger partial charge in [0.05, 0.1) is 11.3 Å². The van der Waals surface area contributed by atoms with Gasteiger partial charge in [-0.3, -0.25) is 0 Å². The zero-order valence-electron chi connectivity index (χ0n) is 17.3. The van der Waals surface area contributed by atoms with E-state index in [0.717, 1.165) is 6.07 Å². The molecule has 0 radical (unpaired) electrons. The number of anilines is 2. The van der Waals surface area contributed by atoms with Crippen molar-refractivity contribution in [2.75, 3.05) is 50.5 Å². The molecule has 0 aromatic heterocycles. The molecule has 0 spiro atoms. The quantitative estimate of drug-likeness (QED) is 0.795. The Morgan fingerprint density at radius 2 is 1.59 bits per heavy atom. The highest BCUT2D eigenvalue weighted by Gasteiger charge is 2.35. The van der Waals surface area contributed by atoms with Crippen LogP contribution in [-0.2, 0) is 10.9 Å². The first kappa shape index (κ1) is 22.6. The molecule has 1 aliphatic rings. The van der Waals surface area contributed by atoms with Crippen LogP contribution < -0.4 is 10.2 Å². The summed E-state index contributed by atoms with van der Waals surface area (Å²) in [5.74, 6) is 0. The van der Waals surface area contributed by atoms with Gasteiger partial charge in [0.25, 0.3) is 0 Å². The smallest absolute Gasteiger partial charge is 0.418 e. The Balaban J connectivity index is 2.04. The van der Waals surface area contributed by atoms with Gasteiger partial charge in [-0.1, -0.05) is 0 Å². The Morgan fingerprint density at radius 3 is 2.07 bits per heavy atom. The standard InChI is InChI=1S/C19H27F3N4O3/c1-18(2,3)29-17(28)26-10-8-25(9-11-26)16(27)23-15-7-6-13(24(4)5)12-14(15)19(20,21)22/h6-7,12H,8-11H2,1-5H3,(H,23,27). The number of ether oxygens (including phenoxy) is 1. The molecule has 0 unspecified atom stereocenters. The molecule has 162 valence electrons. The number of hydrogen-bond donors (Lipinski definition) is 1. The number of urea groups is 1. The van der Waals surface area contributed by atoms with E-state index in [0.29, 0.717) is 5.69 Å². The van der Waals surface area contributed by atoms with Crippen molar-refractivity contribution in [3.63, 3.8) is 0 Å². The summed E-state index contributed by atoms with van der Waals surface area (Å²) in [6.45, 7) is 6.16. The molecular weight excluding hydrogens is 389 g/mol. The number of rotatable bonds is 2. The molecule has 7 nitrogen and oxygen atoms in total. The first-order valence-electron chi connectivity index (χ1n) is 9.20. The molecule has 0 saturated carbocycles. The third-order valence-corrected chi connectivity index (χ3v) is 4.29. The highest BCUT2D eigenvalue weighted by molar-refractivity contribution is 5.91. The fourth-order valence-corrected chi connectivity index (χ4v) is 2.77. The van der Waals surface area contributed by atoms with Gasteiger partial charge in [0.15, 0.2) is 0 Å². The molecule has 0 bridgehead atoms. The molecule has 1 aromatic carbocycles. The second-order valence-corrected chi connectivity index (χ2v) is 8.01. The maximum atomic E-state index is 13.4. The van der Waals surface area contributed by atoms with Gasteiger partial charge in [-0.25, -0.2) is 9.59 Å². The van der Waals surface area contributed by atoms with Crippen molar-refractivity contribution >= 4 is 23.5 Å². The van der Waals surface area contributed by atoms with Gasteiger partial charge < -0.3 is 24.8 Å². The van der Waals surface area contributed by atoms with Gasteiger partial charge in [-0.05, 0) is 39.0 Å². The van der Waals surface area contributed by atoms with Crippen LogP contribution in [0.1, 0.15) is 26.3 Å². The van der Waals surface area contributed by atoms with Gasteiger partial charge in [-0.15, -0.1) is 0 Å². The van der Waals surface area contributed by atoms with E-state index in [9.17, 15) is 22.8 Å². The van der Waals surface area contributed by atoms with E-state index in [-0.39, 0.29) is 31.9 Å². The van der Waals surface area contributed by atoms with E-state index < -0.39 is 29.5 Å². The van der Waals surface area contributed by atoms with Crippen LogP contribution >= 0.6 is 0 Å². The first-order chi connectivity index (χ1) is 13.3. The number of benzene rings is 1. The van der Waals surface area contributed by atoms with Gasteiger partial charge in [-0.2, -0.15) is 13.2 Å². The first-order valence-corrected chi connectivity index (χ1v) is 9.20. The molecule has 3 amide bonds. The SMILES string of the molecule is CN(C)c1ccc(NC(=O)N2CCN(C(=O)OC(C)(C)C)CC2)c(C(F)(F)F)c1. The van der Waals surface area contributed by atoms with Gasteiger partial charge in [0.2, 0.25) is 0 Å². The molecule has 2 rings (SSSR count). The molecule has 1 heterocycles. The van der Waals surface area contributed by atoms with Gasteiger partial charge >= 0.3 is 18.3 Å².